The van der Waals surface area contributed by atoms with E-state index < -0.39 is 11.7 Å². The first-order valence-corrected chi connectivity index (χ1v) is 8.13. The first-order valence-electron chi connectivity index (χ1n) is 8.13. The Hall–Kier alpha value is -3.61. The van der Waals surface area contributed by atoms with Crippen LogP contribution in [0.5, 0.6) is 5.75 Å². The van der Waals surface area contributed by atoms with Crippen molar-refractivity contribution in [3.63, 3.8) is 0 Å². The van der Waals surface area contributed by atoms with E-state index >= 15 is 0 Å². The summed E-state index contributed by atoms with van der Waals surface area (Å²) in [5.41, 5.74) is 0.709. The highest BCUT2D eigenvalue weighted by Gasteiger charge is 2.15. The van der Waals surface area contributed by atoms with Crippen LogP contribution in [0.15, 0.2) is 65.3 Å². The van der Waals surface area contributed by atoms with Gasteiger partial charge in [-0.15, -0.1) is 0 Å². The number of para-hydroxylation sites is 1. The second-order valence-corrected chi connectivity index (χ2v) is 5.61. The topological polar surface area (TPSA) is 80.6 Å². The van der Waals surface area contributed by atoms with Gasteiger partial charge in [0.05, 0.1) is 31.2 Å². The number of amides is 2. The van der Waals surface area contributed by atoms with Crippen LogP contribution in [-0.4, -0.2) is 18.9 Å². The number of benzene rings is 2. The number of nitrogens with one attached hydrogen (secondary N) is 2. The number of ether oxygens (including phenoxy) is 1. The molecule has 138 valence electrons. The van der Waals surface area contributed by atoms with Crippen LogP contribution in [0.3, 0.4) is 0 Å². The maximum atomic E-state index is 13.8. The maximum Gasteiger partial charge on any atom is 0.255 e. The molecule has 0 aliphatic heterocycles. The molecule has 0 atom stereocenters. The van der Waals surface area contributed by atoms with E-state index in [1.807, 2.05) is 0 Å². The molecule has 1 aromatic heterocycles. The monoisotopic (exact) mass is 368 g/mol. The number of carbonyl (C=O) groups is 2. The lowest BCUT2D eigenvalue weighted by atomic mass is 10.1. The average Bonchev–Trinajstić information content (AvgIpc) is 3.20. The van der Waals surface area contributed by atoms with Gasteiger partial charge in [0.15, 0.2) is 11.6 Å². The number of rotatable bonds is 6. The van der Waals surface area contributed by atoms with Gasteiger partial charge in [-0.3, -0.25) is 9.59 Å². The molecule has 0 aliphatic rings. The van der Waals surface area contributed by atoms with Gasteiger partial charge in [-0.25, -0.2) is 4.39 Å². The number of carbonyl (C=O) groups excluding carboxylic acids is 2. The van der Waals surface area contributed by atoms with Crippen LogP contribution in [0.1, 0.15) is 26.5 Å². The maximum absolute atomic E-state index is 13.8. The fourth-order valence-corrected chi connectivity index (χ4v) is 2.47. The first-order chi connectivity index (χ1) is 13.1. The van der Waals surface area contributed by atoms with Gasteiger partial charge in [-0.1, -0.05) is 12.1 Å². The van der Waals surface area contributed by atoms with E-state index in [2.05, 4.69) is 10.6 Å². The standard InChI is InChI=1S/C20H17FN2O4/c1-26-18-9-8-13(11-16(18)21)19(24)23-17-7-3-2-6-15(17)20(25)22-12-14-5-4-10-27-14/h2-11H,12H2,1H3,(H,22,25)(H,23,24). The van der Waals surface area contributed by atoms with Gasteiger partial charge in [-0.05, 0) is 42.5 Å². The summed E-state index contributed by atoms with van der Waals surface area (Å²) in [4.78, 5) is 24.9. The van der Waals surface area contributed by atoms with Gasteiger partial charge in [0.2, 0.25) is 0 Å². The molecular formula is C20H17FN2O4. The number of anilines is 1. The average molecular weight is 368 g/mol. The second-order valence-electron chi connectivity index (χ2n) is 5.61. The van der Waals surface area contributed by atoms with Crippen molar-refractivity contribution in [2.24, 2.45) is 0 Å². The quantitative estimate of drug-likeness (QED) is 0.697. The SMILES string of the molecule is COc1ccc(C(=O)Nc2ccccc2C(=O)NCc2ccco2)cc1F. The van der Waals surface area contributed by atoms with E-state index in [9.17, 15) is 14.0 Å². The first kappa shape index (κ1) is 18.2. The van der Waals surface area contributed by atoms with Crippen LogP contribution in [0.2, 0.25) is 0 Å². The molecule has 2 N–H and O–H groups in total. The van der Waals surface area contributed by atoms with Crippen molar-refractivity contribution in [3.05, 3.63) is 83.6 Å². The normalized spacial score (nSPS) is 10.3. The molecule has 0 aliphatic carbocycles. The van der Waals surface area contributed by atoms with Gasteiger partial charge < -0.3 is 19.8 Å². The van der Waals surface area contributed by atoms with Crippen LogP contribution in [-0.2, 0) is 6.54 Å². The van der Waals surface area contributed by atoms with E-state index in [0.29, 0.717) is 11.4 Å². The van der Waals surface area contributed by atoms with Gasteiger partial charge in [-0.2, -0.15) is 0 Å². The smallest absolute Gasteiger partial charge is 0.255 e. The van der Waals surface area contributed by atoms with Gasteiger partial charge in [0, 0.05) is 5.56 Å². The minimum atomic E-state index is -0.644. The Morgan fingerprint density at radius 2 is 1.89 bits per heavy atom. The van der Waals surface area contributed by atoms with E-state index in [0.717, 1.165) is 6.07 Å². The lowest BCUT2D eigenvalue weighted by molar-refractivity contribution is 0.0949. The summed E-state index contributed by atoms with van der Waals surface area (Å²) in [5, 5.41) is 5.35. The molecule has 7 heteroatoms. The van der Waals surface area contributed by atoms with Gasteiger partial charge in [0.25, 0.3) is 11.8 Å². The van der Waals surface area contributed by atoms with Crippen LogP contribution in [0, 0.1) is 5.82 Å². The largest absolute Gasteiger partial charge is 0.494 e. The van der Waals surface area contributed by atoms with Crippen molar-refractivity contribution >= 4 is 17.5 Å². The fraction of sp³-hybridized carbons (Fsp3) is 0.100. The Morgan fingerprint density at radius 3 is 2.59 bits per heavy atom. The third kappa shape index (κ3) is 4.33. The summed E-state index contributed by atoms with van der Waals surface area (Å²) >= 11 is 0. The van der Waals surface area contributed by atoms with Crippen LogP contribution in [0.25, 0.3) is 0 Å². The molecule has 0 bridgehead atoms. The molecule has 27 heavy (non-hydrogen) atoms. The zero-order chi connectivity index (χ0) is 19.2. The van der Waals surface area contributed by atoms with Crippen LogP contribution >= 0.6 is 0 Å². The molecule has 1 heterocycles. The number of hydrogen-bond acceptors (Lipinski definition) is 4. The minimum Gasteiger partial charge on any atom is -0.494 e. The van der Waals surface area contributed by atoms with Crippen LogP contribution in [0.4, 0.5) is 10.1 Å². The highest BCUT2D eigenvalue weighted by atomic mass is 19.1. The Kier molecular flexibility index (Phi) is 5.51. The Balaban J connectivity index is 1.74. The Bertz CT molecular complexity index is 954. The summed E-state index contributed by atoms with van der Waals surface area (Å²) in [7, 11) is 1.34. The number of furan rings is 1. The summed E-state index contributed by atoms with van der Waals surface area (Å²) in [6.07, 6.45) is 1.52. The van der Waals surface area contributed by atoms with Crippen molar-refractivity contribution < 1.29 is 23.1 Å². The predicted octanol–water partition coefficient (Wildman–Crippen LogP) is 3.61. The zero-order valence-corrected chi connectivity index (χ0v) is 14.5. The second kappa shape index (κ2) is 8.18. The van der Waals surface area contributed by atoms with Crippen molar-refractivity contribution in [1.29, 1.82) is 0 Å². The molecule has 2 amide bonds. The summed E-state index contributed by atoms with van der Waals surface area (Å²) in [6, 6.07) is 13.9. The van der Waals surface area contributed by atoms with Crippen molar-refractivity contribution in [1.82, 2.24) is 5.32 Å². The highest BCUT2D eigenvalue weighted by Crippen LogP contribution is 2.20. The fourth-order valence-electron chi connectivity index (χ4n) is 2.47. The highest BCUT2D eigenvalue weighted by molar-refractivity contribution is 6.09. The van der Waals surface area contributed by atoms with Crippen molar-refractivity contribution in [2.45, 2.75) is 6.54 Å². The molecule has 6 nitrogen and oxygen atoms in total. The van der Waals surface area contributed by atoms with Crippen molar-refractivity contribution in [2.75, 3.05) is 12.4 Å². The Morgan fingerprint density at radius 1 is 1.07 bits per heavy atom. The molecule has 3 rings (SSSR count). The van der Waals surface area contributed by atoms with Crippen LogP contribution < -0.4 is 15.4 Å². The molecule has 0 radical (unpaired) electrons. The summed E-state index contributed by atoms with van der Waals surface area (Å²) in [6.45, 7) is 0.220. The summed E-state index contributed by atoms with van der Waals surface area (Å²) < 4.78 is 23.8. The van der Waals surface area contributed by atoms with Gasteiger partial charge in [0.1, 0.15) is 5.76 Å². The lowest BCUT2D eigenvalue weighted by Gasteiger charge is -2.11. The summed E-state index contributed by atoms with van der Waals surface area (Å²) in [5.74, 6) is -0.900. The zero-order valence-electron chi connectivity index (χ0n) is 14.5. The van der Waals surface area contributed by atoms with E-state index in [1.165, 1.54) is 25.5 Å². The molecule has 0 saturated carbocycles. The number of halogens is 1. The van der Waals surface area contributed by atoms with E-state index in [4.69, 9.17) is 9.15 Å². The molecule has 0 saturated heterocycles. The Labute approximate surface area is 155 Å². The predicted molar refractivity (Wildman–Crippen MR) is 97.2 cm³/mol. The van der Waals surface area contributed by atoms with E-state index in [-0.39, 0.29) is 29.3 Å². The minimum absolute atomic E-state index is 0.0456. The molecule has 0 unspecified atom stereocenters. The molecule has 2 aromatic carbocycles. The molecule has 3 aromatic rings. The molecule has 0 fully saturated rings. The van der Waals surface area contributed by atoms with Gasteiger partial charge >= 0.3 is 0 Å². The number of methoxy groups -OCH3 is 1. The molecular weight excluding hydrogens is 351 g/mol. The van der Waals surface area contributed by atoms with Crippen molar-refractivity contribution in [3.8, 4) is 5.75 Å². The number of hydrogen-bond donors (Lipinski definition) is 2. The lowest BCUT2D eigenvalue weighted by Crippen LogP contribution is -2.24. The third-order valence-electron chi connectivity index (χ3n) is 3.84. The molecule has 0 spiro atoms. The third-order valence-corrected chi connectivity index (χ3v) is 3.84. The van der Waals surface area contributed by atoms with E-state index in [1.54, 1.807) is 36.4 Å².